The summed E-state index contributed by atoms with van der Waals surface area (Å²) in [6.45, 7) is 4.22. The number of aromatic nitrogens is 3. The zero-order valence-corrected chi connectivity index (χ0v) is 12.4. The molecule has 0 spiro atoms. The molecular weight excluding hydrogens is 268 g/mol. The number of nitrogens with zero attached hydrogens (tertiary/aromatic N) is 3. The normalized spacial score (nSPS) is 15.0. The van der Waals surface area contributed by atoms with Crippen LogP contribution >= 0.6 is 0 Å². The van der Waals surface area contributed by atoms with E-state index in [1.807, 2.05) is 19.2 Å². The molecule has 0 radical (unpaired) electrons. The zero-order valence-electron chi connectivity index (χ0n) is 12.4. The molecule has 0 saturated carbocycles. The lowest BCUT2D eigenvalue weighted by Gasteiger charge is -2.25. The fraction of sp³-hybridized carbons (Fsp3) is 0.467. The molecule has 0 fully saturated rings. The number of fused-ring (bicyclic) bond motifs is 1. The first-order chi connectivity index (χ1) is 10.3. The summed E-state index contributed by atoms with van der Waals surface area (Å²) in [5.41, 5.74) is 2.07. The van der Waals surface area contributed by atoms with E-state index in [4.69, 9.17) is 9.47 Å². The third-order valence-electron chi connectivity index (χ3n) is 3.55. The molecule has 2 aromatic rings. The number of nitrogens with one attached hydrogen (secondary N) is 1. The maximum atomic E-state index is 5.84. The summed E-state index contributed by atoms with van der Waals surface area (Å²) in [7, 11) is 1.90. The monoisotopic (exact) mass is 288 g/mol. The van der Waals surface area contributed by atoms with Crippen LogP contribution in [0.25, 0.3) is 0 Å². The van der Waals surface area contributed by atoms with Crippen molar-refractivity contribution in [3.05, 3.63) is 35.7 Å². The summed E-state index contributed by atoms with van der Waals surface area (Å²) < 4.78 is 13.3. The molecular formula is C15H20N4O2. The minimum absolute atomic E-state index is 0.0124. The van der Waals surface area contributed by atoms with Gasteiger partial charge in [-0.25, -0.2) is 0 Å². The van der Waals surface area contributed by atoms with Gasteiger partial charge in [-0.1, -0.05) is 24.3 Å². The van der Waals surface area contributed by atoms with E-state index < -0.39 is 0 Å². The van der Waals surface area contributed by atoms with Crippen molar-refractivity contribution in [3.63, 3.8) is 0 Å². The van der Waals surface area contributed by atoms with Gasteiger partial charge in [0.25, 0.3) is 0 Å². The predicted octanol–water partition coefficient (Wildman–Crippen LogP) is 1.68. The first kappa shape index (κ1) is 13.9. The average Bonchev–Trinajstić information content (AvgIpc) is 2.94. The topological polar surface area (TPSA) is 61.2 Å². The molecule has 0 aliphatic carbocycles. The Bertz CT molecular complexity index is 611. The average molecular weight is 288 g/mol. The fourth-order valence-corrected chi connectivity index (χ4v) is 2.55. The summed E-state index contributed by atoms with van der Waals surface area (Å²) in [4.78, 5) is 0. The van der Waals surface area contributed by atoms with Crippen LogP contribution in [0, 0.1) is 0 Å². The molecule has 1 N–H and O–H groups in total. The van der Waals surface area contributed by atoms with Crippen LogP contribution in [0.1, 0.15) is 30.6 Å². The van der Waals surface area contributed by atoms with Gasteiger partial charge in [0, 0.05) is 12.6 Å². The molecule has 1 atom stereocenters. The Balaban J connectivity index is 2.02. The summed E-state index contributed by atoms with van der Waals surface area (Å²) >= 11 is 0. The molecule has 1 aliphatic rings. The van der Waals surface area contributed by atoms with E-state index >= 15 is 0 Å². The predicted molar refractivity (Wildman–Crippen MR) is 78.6 cm³/mol. The standard InChI is InChI=1S/C15H20N4O2/c1-3-7-16-14(12-10-17-18-19(12)2)11-5-4-6-13-15(11)21-9-8-20-13/h4-6,10,14,16H,3,7-9H2,1-2H3. The minimum atomic E-state index is -0.0124. The summed E-state index contributed by atoms with van der Waals surface area (Å²) in [6.07, 6.45) is 2.84. The molecule has 1 unspecified atom stereocenters. The third kappa shape index (κ3) is 2.71. The maximum absolute atomic E-state index is 5.84. The maximum Gasteiger partial charge on any atom is 0.166 e. The lowest BCUT2D eigenvalue weighted by atomic mass is 10.0. The number of ether oxygens (including phenoxy) is 2. The summed E-state index contributed by atoms with van der Waals surface area (Å²) in [6, 6.07) is 5.99. The Morgan fingerprint density at radius 2 is 2.19 bits per heavy atom. The van der Waals surface area contributed by atoms with Crippen LogP contribution < -0.4 is 14.8 Å². The first-order valence-electron chi connectivity index (χ1n) is 7.27. The molecule has 6 nitrogen and oxygen atoms in total. The highest BCUT2D eigenvalue weighted by molar-refractivity contribution is 5.50. The van der Waals surface area contributed by atoms with E-state index in [1.54, 1.807) is 10.9 Å². The van der Waals surface area contributed by atoms with Gasteiger partial charge in [0.1, 0.15) is 13.2 Å². The number of benzene rings is 1. The SMILES string of the molecule is CCCNC(c1cccc2c1OCCO2)c1cnnn1C. The van der Waals surface area contributed by atoms with E-state index in [0.717, 1.165) is 35.7 Å². The van der Waals surface area contributed by atoms with Gasteiger partial charge < -0.3 is 14.8 Å². The largest absolute Gasteiger partial charge is 0.486 e. The van der Waals surface area contributed by atoms with Gasteiger partial charge in [0.05, 0.1) is 17.9 Å². The van der Waals surface area contributed by atoms with Gasteiger partial charge in [0.2, 0.25) is 0 Å². The Kier molecular flexibility index (Phi) is 4.06. The fourth-order valence-electron chi connectivity index (χ4n) is 2.55. The highest BCUT2D eigenvalue weighted by Crippen LogP contribution is 2.38. The van der Waals surface area contributed by atoms with E-state index in [2.05, 4.69) is 28.6 Å². The molecule has 2 heterocycles. The van der Waals surface area contributed by atoms with Gasteiger partial charge in [-0.2, -0.15) is 0 Å². The van der Waals surface area contributed by atoms with E-state index in [9.17, 15) is 0 Å². The van der Waals surface area contributed by atoms with Gasteiger partial charge in [-0.05, 0) is 19.0 Å². The molecule has 0 saturated heterocycles. The first-order valence-corrected chi connectivity index (χ1v) is 7.27. The van der Waals surface area contributed by atoms with Crippen LogP contribution in [0.3, 0.4) is 0 Å². The van der Waals surface area contributed by atoms with E-state index in [0.29, 0.717) is 13.2 Å². The number of hydrogen-bond acceptors (Lipinski definition) is 5. The Morgan fingerprint density at radius 3 is 2.95 bits per heavy atom. The van der Waals surface area contributed by atoms with E-state index in [-0.39, 0.29) is 6.04 Å². The van der Waals surface area contributed by atoms with Crippen LogP contribution in [0.4, 0.5) is 0 Å². The van der Waals surface area contributed by atoms with Crippen molar-refractivity contribution >= 4 is 0 Å². The highest BCUT2D eigenvalue weighted by Gasteiger charge is 2.25. The number of hydrogen-bond donors (Lipinski definition) is 1. The molecule has 0 bridgehead atoms. The van der Waals surface area contributed by atoms with Crippen LogP contribution in [0.2, 0.25) is 0 Å². The van der Waals surface area contributed by atoms with Gasteiger partial charge in [-0.15, -0.1) is 5.10 Å². The molecule has 1 aromatic carbocycles. The number of para-hydroxylation sites is 1. The molecule has 0 amide bonds. The van der Waals surface area contributed by atoms with Crippen LogP contribution in [0.15, 0.2) is 24.4 Å². The molecule has 6 heteroatoms. The summed E-state index contributed by atoms with van der Waals surface area (Å²) in [5.74, 6) is 1.62. The van der Waals surface area contributed by atoms with Crippen molar-refractivity contribution in [2.24, 2.45) is 7.05 Å². The highest BCUT2D eigenvalue weighted by atomic mass is 16.6. The van der Waals surface area contributed by atoms with Crippen molar-refractivity contribution in [1.82, 2.24) is 20.3 Å². The van der Waals surface area contributed by atoms with Crippen molar-refractivity contribution in [2.45, 2.75) is 19.4 Å². The van der Waals surface area contributed by atoms with Crippen LogP contribution in [-0.2, 0) is 7.05 Å². The molecule has 1 aliphatic heterocycles. The quantitative estimate of drug-likeness (QED) is 0.907. The Morgan fingerprint density at radius 1 is 1.33 bits per heavy atom. The van der Waals surface area contributed by atoms with Gasteiger partial charge in [-0.3, -0.25) is 4.68 Å². The Labute approximate surface area is 124 Å². The van der Waals surface area contributed by atoms with Crippen molar-refractivity contribution in [1.29, 1.82) is 0 Å². The zero-order chi connectivity index (χ0) is 14.7. The molecule has 3 rings (SSSR count). The molecule has 112 valence electrons. The smallest absolute Gasteiger partial charge is 0.166 e. The second kappa shape index (κ2) is 6.13. The molecule has 21 heavy (non-hydrogen) atoms. The van der Waals surface area contributed by atoms with Crippen LogP contribution in [-0.4, -0.2) is 34.8 Å². The lowest BCUT2D eigenvalue weighted by Crippen LogP contribution is -2.27. The van der Waals surface area contributed by atoms with Gasteiger partial charge >= 0.3 is 0 Å². The third-order valence-corrected chi connectivity index (χ3v) is 3.55. The lowest BCUT2D eigenvalue weighted by molar-refractivity contribution is 0.169. The second-order valence-corrected chi connectivity index (χ2v) is 5.04. The molecule has 1 aromatic heterocycles. The number of rotatable bonds is 5. The van der Waals surface area contributed by atoms with E-state index in [1.165, 1.54) is 0 Å². The second-order valence-electron chi connectivity index (χ2n) is 5.04. The van der Waals surface area contributed by atoms with Crippen molar-refractivity contribution in [2.75, 3.05) is 19.8 Å². The van der Waals surface area contributed by atoms with Gasteiger partial charge in [0.15, 0.2) is 11.5 Å². The Hall–Kier alpha value is -2.08. The van der Waals surface area contributed by atoms with Crippen LogP contribution in [0.5, 0.6) is 11.5 Å². The number of aryl methyl sites for hydroxylation is 1. The summed E-state index contributed by atoms with van der Waals surface area (Å²) in [5, 5.41) is 11.6. The van der Waals surface area contributed by atoms with Crippen molar-refractivity contribution in [3.8, 4) is 11.5 Å². The minimum Gasteiger partial charge on any atom is -0.486 e. The van der Waals surface area contributed by atoms with Crippen molar-refractivity contribution < 1.29 is 9.47 Å².